The van der Waals surface area contributed by atoms with E-state index < -0.39 is 17.0 Å². The molecule has 19 heavy (non-hydrogen) atoms. The first kappa shape index (κ1) is 14.0. The van der Waals surface area contributed by atoms with E-state index in [2.05, 4.69) is 5.32 Å². The Labute approximate surface area is 116 Å². The SMILES string of the molecule is Cc1c(F)c(C(=O)CCl)cc2c1NC(=O)CC2(C)C. The van der Waals surface area contributed by atoms with Crippen LogP contribution in [0.1, 0.15) is 41.8 Å². The summed E-state index contributed by atoms with van der Waals surface area (Å²) in [7, 11) is 0. The van der Waals surface area contributed by atoms with Crippen LogP contribution >= 0.6 is 11.6 Å². The molecule has 3 nitrogen and oxygen atoms in total. The van der Waals surface area contributed by atoms with Gasteiger partial charge in [0.05, 0.1) is 17.1 Å². The van der Waals surface area contributed by atoms with Crippen molar-refractivity contribution in [2.45, 2.75) is 32.6 Å². The molecule has 0 saturated heterocycles. The van der Waals surface area contributed by atoms with Gasteiger partial charge in [-0.05, 0) is 18.6 Å². The molecule has 1 aromatic rings. The van der Waals surface area contributed by atoms with Gasteiger partial charge in [0.2, 0.25) is 5.91 Å². The predicted octanol–water partition coefficient (Wildman–Crippen LogP) is 3.18. The average molecular weight is 284 g/mol. The van der Waals surface area contributed by atoms with Gasteiger partial charge in [0.25, 0.3) is 0 Å². The third kappa shape index (κ3) is 2.25. The summed E-state index contributed by atoms with van der Waals surface area (Å²) >= 11 is 5.50. The number of benzene rings is 1. The van der Waals surface area contributed by atoms with Crippen molar-refractivity contribution >= 4 is 29.0 Å². The molecule has 1 amide bonds. The molecule has 1 aromatic carbocycles. The van der Waals surface area contributed by atoms with E-state index in [0.29, 0.717) is 12.1 Å². The van der Waals surface area contributed by atoms with E-state index in [-0.39, 0.29) is 22.9 Å². The lowest BCUT2D eigenvalue weighted by molar-refractivity contribution is -0.117. The lowest BCUT2D eigenvalue weighted by Gasteiger charge is -2.33. The molecular formula is C14H15ClFNO2. The van der Waals surface area contributed by atoms with Crippen LogP contribution < -0.4 is 5.32 Å². The first-order valence-corrected chi connectivity index (χ1v) is 6.54. The van der Waals surface area contributed by atoms with Crippen molar-refractivity contribution in [1.29, 1.82) is 0 Å². The fourth-order valence-electron chi connectivity index (χ4n) is 2.44. The quantitative estimate of drug-likeness (QED) is 0.669. The highest BCUT2D eigenvalue weighted by atomic mass is 35.5. The molecule has 1 aliphatic heterocycles. The zero-order valence-electron chi connectivity index (χ0n) is 11.1. The number of ketones is 1. The molecule has 0 atom stereocenters. The molecule has 0 unspecified atom stereocenters. The maximum Gasteiger partial charge on any atom is 0.225 e. The fourth-order valence-corrected chi connectivity index (χ4v) is 2.59. The van der Waals surface area contributed by atoms with Crippen molar-refractivity contribution in [2.75, 3.05) is 11.2 Å². The molecule has 102 valence electrons. The van der Waals surface area contributed by atoms with Crippen LogP contribution in [0.4, 0.5) is 10.1 Å². The monoisotopic (exact) mass is 283 g/mol. The Morgan fingerprint density at radius 3 is 2.74 bits per heavy atom. The summed E-state index contributed by atoms with van der Waals surface area (Å²) in [6.45, 7) is 5.36. The Hall–Kier alpha value is -1.42. The van der Waals surface area contributed by atoms with E-state index in [1.54, 1.807) is 6.92 Å². The van der Waals surface area contributed by atoms with E-state index >= 15 is 0 Å². The Balaban J connectivity index is 2.72. The maximum atomic E-state index is 14.2. The summed E-state index contributed by atoms with van der Waals surface area (Å²) in [5, 5.41) is 2.69. The number of hydrogen-bond acceptors (Lipinski definition) is 2. The number of halogens is 2. The van der Waals surface area contributed by atoms with Gasteiger partial charge in [-0.25, -0.2) is 4.39 Å². The summed E-state index contributed by atoms with van der Waals surface area (Å²) in [4.78, 5) is 23.3. The van der Waals surface area contributed by atoms with Gasteiger partial charge >= 0.3 is 0 Å². The molecular weight excluding hydrogens is 269 g/mol. The predicted molar refractivity (Wildman–Crippen MR) is 72.5 cm³/mol. The topological polar surface area (TPSA) is 46.2 Å². The Kier molecular flexibility index (Phi) is 3.39. The number of Topliss-reactive ketones (excluding diaryl/α,β-unsaturated/α-hetero) is 1. The van der Waals surface area contributed by atoms with Gasteiger partial charge in [-0.15, -0.1) is 11.6 Å². The van der Waals surface area contributed by atoms with Crippen LogP contribution in [0.5, 0.6) is 0 Å². The molecule has 0 saturated carbocycles. The molecule has 2 rings (SSSR count). The third-order valence-corrected chi connectivity index (χ3v) is 3.76. The van der Waals surface area contributed by atoms with E-state index in [0.717, 1.165) is 5.56 Å². The molecule has 0 aliphatic carbocycles. The lowest BCUT2D eigenvalue weighted by atomic mass is 9.76. The van der Waals surface area contributed by atoms with Gasteiger partial charge < -0.3 is 5.32 Å². The molecule has 0 spiro atoms. The van der Waals surface area contributed by atoms with Gasteiger partial charge in [-0.1, -0.05) is 13.8 Å². The average Bonchev–Trinajstić information content (AvgIpc) is 2.32. The summed E-state index contributed by atoms with van der Waals surface area (Å²) in [6.07, 6.45) is 0.305. The number of carbonyl (C=O) groups excluding carboxylic acids is 2. The molecule has 0 aromatic heterocycles. The van der Waals surface area contributed by atoms with Gasteiger partial charge in [0.1, 0.15) is 5.82 Å². The van der Waals surface area contributed by atoms with Crippen molar-refractivity contribution in [2.24, 2.45) is 0 Å². The van der Waals surface area contributed by atoms with Crippen LogP contribution in [0.25, 0.3) is 0 Å². The molecule has 5 heteroatoms. The normalized spacial score (nSPS) is 16.8. The summed E-state index contributed by atoms with van der Waals surface area (Å²) in [6, 6.07) is 1.52. The minimum absolute atomic E-state index is 0.00419. The van der Waals surface area contributed by atoms with Crippen LogP contribution in [0, 0.1) is 12.7 Å². The van der Waals surface area contributed by atoms with Crippen LogP contribution in [0.15, 0.2) is 6.07 Å². The highest BCUT2D eigenvalue weighted by molar-refractivity contribution is 6.30. The van der Waals surface area contributed by atoms with Crippen LogP contribution in [-0.4, -0.2) is 17.6 Å². The third-order valence-electron chi connectivity index (χ3n) is 3.52. The van der Waals surface area contributed by atoms with Gasteiger partial charge in [-0.2, -0.15) is 0 Å². The standard InChI is InChI=1S/C14H15ClFNO2/c1-7-12(16)8(10(18)6-15)4-9-13(7)17-11(19)5-14(9,2)3/h4H,5-6H2,1-3H3,(H,17,19). The summed E-state index contributed by atoms with van der Waals surface area (Å²) in [5.74, 6) is -1.46. The summed E-state index contributed by atoms with van der Waals surface area (Å²) in [5.41, 5.74) is 1.10. The van der Waals surface area contributed by atoms with Gasteiger partial charge in [0, 0.05) is 17.4 Å². The molecule has 0 bridgehead atoms. The number of amides is 1. The second-order valence-electron chi connectivity index (χ2n) is 5.45. The first-order valence-electron chi connectivity index (χ1n) is 6.00. The number of hydrogen-bond donors (Lipinski definition) is 1. The van der Waals surface area contributed by atoms with E-state index in [1.807, 2.05) is 13.8 Å². The molecule has 0 fully saturated rings. The van der Waals surface area contributed by atoms with E-state index in [4.69, 9.17) is 11.6 Å². The number of alkyl halides is 1. The largest absolute Gasteiger partial charge is 0.325 e. The Bertz CT molecular complexity index is 581. The molecule has 0 radical (unpaired) electrons. The second kappa shape index (κ2) is 4.60. The highest BCUT2D eigenvalue weighted by Gasteiger charge is 2.35. The van der Waals surface area contributed by atoms with Crippen molar-refractivity contribution in [3.8, 4) is 0 Å². The van der Waals surface area contributed by atoms with E-state index in [9.17, 15) is 14.0 Å². The van der Waals surface area contributed by atoms with Crippen LogP contribution in [0.2, 0.25) is 0 Å². The van der Waals surface area contributed by atoms with E-state index in [1.165, 1.54) is 6.07 Å². The minimum atomic E-state index is -0.609. The fraction of sp³-hybridized carbons (Fsp3) is 0.429. The zero-order valence-corrected chi connectivity index (χ0v) is 11.8. The van der Waals surface area contributed by atoms with Crippen LogP contribution in [-0.2, 0) is 10.2 Å². The molecule has 1 N–H and O–H groups in total. The number of nitrogens with one attached hydrogen (secondary N) is 1. The van der Waals surface area contributed by atoms with Crippen molar-refractivity contribution < 1.29 is 14.0 Å². The second-order valence-corrected chi connectivity index (χ2v) is 5.72. The maximum absolute atomic E-state index is 14.2. The lowest BCUT2D eigenvalue weighted by Crippen LogP contribution is -2.33. The number of anilines is 1. The van der Waals surface area contributed by atoms with Crippen molar-refractivity contribution in [3.05, 3.63) is 28.6 Å². The minimum Gasteiger partial charge on any atom is -0.325 e. The summed E-state index contributed by atoms with van der Waals surface area (Å²) < 4.78 is 14.2. The zero-order chi connectivity index (χ0) is 14.4. The van der Waals surface area contributed by atoms with Gasteiger partial charge in [-0.3, -0.25) is 9.59 Å². The smallest absolute Gasteiger partial charge is 0.225 e. The Morgan fingerprint density at radius 2 is 2.16 bits per heavy atom. The molecule has 1 aliphatic rings. The number of carbonyl (C=O) groups is 2. The first-order chi connectivity index (χ1) is 8.77. The van der Waals surface area contributed by atoms with Gasteiger partial charge in [0.15, 0.2) is 5.78 Å². The highest BCUT2D eigenvalue weighted by Crippen LogP contribution is 2.40. The number of rotatable bonds is 2. The Morgan fingerprint density at radius 1 is 1.53 bits per heavy atom. The van der Waals surface area contributed by atoms with Crippen molar-refractivity contribution in [1.82, 2.24) is 0 Å². The number of fused-ring (bicyclic) bond motifs is 1. The van der Waals surface area contributed by atoms with Crippen LogP contribution in [0.3, 0.4) is 0 Å². The molecule has 1 heterocycles. The van der Waals surface area contributed by atoms with Crippen molar-refractivity contribution in [3.63, 3.8) is 0 Å².